The van der Waals surface area contributed by atoms with Crippen molar-refractivity contribution in [2.24, 2.45) is 5.10 Å². The molecule has 0 saturated heterocycles. The van der Waals surface area contributed by atoms with Crippen LogP contribution in [0.5, 0.6) is 11.5 Å². The molecular weight excluding hydrogens is 449 g/mol. The summed E-state index contributed by atoms with van der Waals surface area (Å²) in [6.45, 7) is 0.284. The first-order valence-electron chi connectivity index (χ1n) is 9.54. The van der Waals surface area contributed by atoms with Crippen molar-refractivity contribution in [1.82, 2.24) is 5.43 Å². The average Bonchev–Trinajstić information content (AvgIpc) is 2.81. The number of carbonyl (C=O) groups is 1. The van der Waals surface area contributed by atoms with E-state index in [1.807, 2.05) is 18.2 Å². The van der Waals surface area contributed by atoms with Crippen LogP contribution in [0.3, 0.4) is 0 Å². The molecule has 0 fully saturated rings. The van der Waals surface area contributed by atoms with E-state index in [4.69, 9.17) is 32.7 Å². The van der Waals surface area contributed by atoms with Gasteiger partial charge in [-0.25, -0.2) is 5.43 Å². The van der Waals surface area contributed by atoms with Crippen molar-refractivity contribution < 1.29 is 14.3 Å². The number of halogens is 2. The summed E-state index contributed by atoms with van der Waals surface area (Å²) in [5.74, 6) is -0.420. The van der Waals surface area contributed by atoms with E-state index in [1.165, 1.54) is 13.3 Å². The van der Waals surface area contributed by atoms with Gasteiger partial charge >= 0.3 is 0 Å². The third-order valence-corrected chi connectivity index (χ3v) is 5.22. The first-order chi connectivity index (χ1) is 15.5. The molecule has 0 aromatic heterocycles. The third-order valence-electron chi connectivity index (χ3n) is 4.48. The zero-order chi connectivity index (χ0) is 22.9. The molecule has 0 radical (unpaired) electrons. The van der Waals surface area contributed by atoms with E-state index in [9.17, 15) is 10.1 Å². The predicted molar refractivity (Wildman–Crippen MR) is 124 cm³/mol. The lowest BCUT2D eigenvalue weighted by Crippen LogP contribution is -2.24. The Bertz CT molecular complexity index is 1160. The van der Waals surface area contributed by atoms with Crippen LogP contribution < -0.4 is 14.9 Å². The molecule has 1 N–H and O–H groups in total. The number of hydrazone groups is 1. The van der Waals surface area contributed by atoms with E-state index in [1.54, 1.807) is 54.6 Å². The second-order valence-corrected chi connectivity index (χ2v) is 7.47. The number of nitriles is 1. The topological polar surface area (TPSA) is 83.7 Å². The summed E-state index contributed by atoms with van der Waals surface area (Å²) in [5.41, 5.74) is 4.55. The fraction of sp³-hybridized carbons (Fsp3) is 0.125. The van der Waals surface area contributed by atoms with E-state index in [0.29, 0.717) is 32.7 Å². The number of hydrogen-bond acceptors (Lipinski definition) is 5. The van der Waals surface area contributed by atoms with Gasteiger partial charge in [0.2, 0.25) is 0 Å². The highest BCUT2D eigenvalue weighted by Gasteiger charge is 2.19. The molecule has 0 bridgehead atoms. The maximum Gasteiger partial charge on any atom is 0.261 e. The minimum absolute atomic E-state index is 0.284. The summed E-state index contributed by atoms with van der Waals surface area (Å²) < 4.78 is 11.2. The number of methoxy groups -OCH3 is 1. The van der Waals surface area contributed by atoms with Gasteiger partial charge in [0.1, 0.15) is 6.61 Å². The fourth-order valence-electron chi connectivity index (χ4n) is 2.84. The largest absolute Gasteiger partial charge is 0.493 e. The summed E-state index contributed by atoms with van der Waals surface area (Å²) in [7, 11) is 1.53. The molecule has 1 amide bonds. The molecule has 0 saturated carbocycles. The molecule has 0 unspecified atom stereocenters. The Kier molecular flexibility index (Phi) is 8.09. The number of amides is 1. The van der Waals surface area contributed by atoms with Crippen molar-refractivity contribution in [3.05, 3.63) is 93.5 Å². The molecule has 3 aromatic carbocycles. The molecule has 3 aromatic rings. The van der Waals surface area contributed by atoms with Crippen LogP contribution in [-0.4, -0.2) is 19.2 Å². The molecule has 3 rings (SSSR count). The van der Waals surface area contributed by atoms with Crippen molar-refractivity contribution in [3.63, 3.8) is 0 Å². The molecule has 8 heteroatoms. The smallest absolute Gasteiger partial charge is 0.261 e. The zero-order valence-corrected chi connectivity index (χ0v) is 18.6. The Labute approximate surface area is 196 Å². The maximum atomic E-state index is 12.3. The van der Waals surface area contributed by atoms with E-state index in [0.717, 1.165) is 5.56 Å². The minimum Gasteiger partial charge on any atom is -0.493 e. The highest BCUT2D eigenvalue weighted by Crippen LogP contribution is 2.29. The predicted octanol–water partition coefficient (Wildman–Crippen LogP) is 5.34. The molecule has 162 valence electrons. The number of hydrogen-bond donors (Lipinski definition) is 1. The van der Waals surface area contributed by atoms with Crippen LogP contribution in [0, 0.1) is 11.3 Å². The van der Waals surface area contributed by atoms with Crippen LogP contribution in [0.2, 0.25) is 10.0 Å². The summed E-state index contributed by atoms with van der Waals surface area (Å²) in [6.07, 6.45) is 1.46. The van der Waals surface area contributed by atoms with Crippen LogP contribution in [0.1, 0.15) is 22.6 Å². The molecule has 0 heterocycles. The Morgan fingerprint density at radius 1 is 1.09 bits per heavy atom. The monoisotopic (exact) mass is 467 g/mol. The Morgan fingerprint density at radius 3 is 2.56 bits per heavy atom. The summed E-state index contributed by atoms with van der Waals surface area (Å²) in [4.78, 5) is 12.3. The van der Waals surface area contributed by atoms with E-state index in [2.05, 4.69) is 10.5 Å². The molecule has 0 aliphatic heterocycles. The molecule has 0 spiro atoms. The Balaban J connectivity index is 1.63. The van der Waals surface area contributed by atoms with Gasteiger partial charge in [-0.15, -0.1) is 0 Å². The quantitative estimate of drug-likeness (QED) is 0.358. The molecule has 1 atom stereocenters. The van der Waals surface area contributed by atoms with Crippen LogP contribution in [0.25, 0.3) is 0 Å². The number of ether oxygens (including phenoxy) is 2. The van der Waals surface area contributed by atoms with Crippen molar-refractivity contribution in [2.75, 3.05) is 7.11 Å². The van der Waals surface area contributed by atoms with Crippen LogP contribution >= 0.6 is 23.2 Å². The molecular formula is C24H19Cl2N3O3. The number of carbonyl (C=O) groups excluding carboxylic acids is 1. The van der Waals surface area contributed by atoms with Gasteiger partial charge in [-0.1, -0.05) is 59.6 Å². The zero-order valence-electron chi connectivity index (χ0n) is 17.1. The Hall–Kier alpha value is -3.53. The van der Waals surface area contributed by atoms with Gasteiger partial charge in [0, 0.05) is 0 Å². The van der Waals surface area contributed by atoms with Gasteiger partial charge in [-0.2, -0.15) is 10.4 Å². The van der Waals surface area contributed by atoms with Gasteiger partial charge in [0.25, 0.3) is 5.91 Å². The number of nitrogens with zero attached hydrogens (tertiary/aromatic N) is 2. The molecule has 0 aliphatic carbocycles. The van der Waals surface area contributed by atoms with E-state index >= 15 is 0 Å². The van der Waals surface area contributed by atoms with Gasteiger partial charge in [-0.05, 0) is 47.0 Å². The lowest BCUT2D eigenvalue weighted by atomic mass is 10.0. The van der Waals surface area contributed by atoms with Gasteiger partial charge in [0.05, 0.1) is 29.4 Å². The summed E-state index contributed by atoms with van der Waals surface area (Å²) in [6, 6.07) is 21.3. The normalized spacial score (nSPS) is 11.6. The maximum absolute atomic E-state index is 12.3. The summed E-state index contributed by atoms with van der Waals surface area (Å²) >= 11 is 12.0. The lowest BCUT2D eigenvalue weighted by molar-refractivity contribution is -0.121. The van der Waals surface area contributed by atoms with Crippen molar-refractivity contribution in [1.29, 1.82) is 5.26 Å². The van der Waals surface area contributed by atoms with Crippen LogP contribution in [0.15, 0.2) is 71.8 Å². The highest BCUT2D eigenvalue weighted by molar-refractivity contribution is 6.42. The SMILES string of the molecule is COc1cc(/C=N\NC(=O)[C@H](C#N)c2ccccc2)ccc1OCc1ccc(Cl)c(Cl)c1. The van der Waals surface area contributed by atoms with Crippen LogP contribution in [0.4, 0.5) is 0 Å². The standard InChI is InChI=1S/C24H19Cl2N3O3/c1-31-23-12-16(8-10-22(23)32-15-17-7-9-20(25)21(26)11-17)14-28-29-24(30)19(13-27)18-5-3-2-4-6-18/h2-12,14,19H,15H2,1H3,(H,29,30)/b28-14-/t19-/m1/s1. The first kappa shape index (κ1) is 23.1. The van der Waals surface area contributed by atoms with Gasteiger partial charge in [-0.3, -0.25) is 4.79 Å². The van der Waals surface area contributed by atoms with Gasteiger partial charge in [0.15, 0.2) is 17.4 Å². The minimum atomic E-state index is -0.944. The molecule has 32 heavy (non-hydrogen) atoms. The first-order valence-corrected chi connectivity index (χ1v) is 10.3. The average molecular weight is 468 g/mol. The van der Waals surface area contributed by atoms with Gasteiger partial charge < -0.3 is 9.47 Å². The molecule has 0 aliphatic rings. The number of rotatable bonds is 8. The van der Waals surface area contributed by atoms with Crippen molar-refractivity contribution in [3.8, 4) is 17.6 Å². The third kappa shape index (κ3) is 6.01. The molecule has 6 nitrogen and oxygen atoms in total. The second-order valence-electron chi connectivity index (χ2n) is 6.65. The van der Waals surface area contributed by atoms with Crippen LogP contribution in [-0.2, 0) is 11.4 Å². The number of nitrogens with one attached hydrogen (secondary N) is 1. The number of benzene rings is 3. The highest BCUT2D eigenvalue weighted by atomic mass is 35.5. The Morgan fingerprint density at radius 2 is 1.88 bits per heavy atom. The van der Waals surface area contributed by atoms with E-state index < -0.39 is 11.8 Å². The van der Waals surface area contributed by atoms with E-state index in [-0.39, 0.29) is 6.61 Å². The lowest BCUT2D eigenvalue weighted by Gasteiger charge is -2.12. The van der Waals surface area contributed by atoms with Crippen molar-refractivity contribution in [2.45, 2.75) is 12.5 Å². The fourth-order valence-corrected chi connectivity index (χ4v) is 3.16. The van der Waals surface area contributed by atoms with Crippen molar-refractivity contribution >= 4 is 35.3 Å². The second kappa shape index (κ2) is 11.2. The summed E-state index contributed by atoms with van der Waals surface area (Å²) in [5, 5.41) is 14.2.